The van der Waals surface area contributed by atoms with Crippen LogP contribution in [0.25, 0.3) is 0 Å². The Morgan fingerprint density at radius 2 is 1.96 bits per heavy atom. The number of aromatic nitrogens is 2. The van der Waals surface area contributed by atoms with Crippen molar-refractivity contribution in [3.8, 4) is 5.75 Å². The second kappa shape index (κ2) is 7.90. The molecule has 2 aromatic rings. The van der Waals surface area contributed by atoms with E-state index < -0.39 is 0 Å². The van der Waals surface area contributed by atoms with Crippen LogP contribution in [0, 0.1) is 0 Å². The highest BCUT2D eigenvalue weighted by Gasteiger charge is 2.19. The van der Waals surface area contributed by atoms with Crippen LogP contribution in [0.3, 0.4) is 0 Å². The van der Waals surface area contributed by atoms with Gasteiger partial charge in [0.15, 0.2) is 0 Å². The summed E-state index contributed by atoms with van der Waals surface area (Å²) < 4.78 is 5.31. The van der Waals surface area contributed by atoms with Gasteiger partial charge < -0.3 is 10.1 Å². The highest BCUT2D eigenvalue weighted by Crippen LogP contribution is 2.23. The highest BCUT2D eigenvalue weighted by molar-refractivity contribution is 5.76. The van der Waals surface area contributed by atoms with E-state index in [9.17, 15) is 4.79 Å². The lowest BCUT2D eigenvalue weighted by Gasteiger charge is -2.21. The molecule has 24 heavy (non-hydrogen) atoms. The summed E-state index contributed by atoms with van der Waals surface area (Å²) in [6, 6.07) is 7.76. The summed E-state index contributed by atoms with van der Waals surface area (Å²) in [7, 11) is 1.64. The lowest BCUT2D eigenvalue weighted by molar-refractivity contribution is -0.121. The lowest BCUT2D eigenvalue weighted by Crippen LogP contribution is -2.26. The molecule has 1 N–H and O–H groups in total. The second-order valence-electron chi connectivity index (χ2n) is 6.74. The molecule has 1 aromatic heterocycles. The van der Waals surface area contributed by atoms with Crippen molar-refractivity contribution < 1.29 is 9.53 Å². The molecule has 0 unspecified atom stereocenters. The fourth-order valence-corrected chi connectivity index (χ4v) is 2.60. The molecule has 5 nitrogen and oxygen atoms in total. The van der Waals surface area contributed by atoms with Gasteiger partial charge in [-0.15, -0.1) is 0 Å². The fourth-order valence-electron chi connectivity index (χ4n) is 2.60. The maximum Gasteiger partial charge on any atom is 0.220 e. The van der Waals surface area contributed by atoms with Crippen molar-refractivity contribution in [2.75, 3.05) is 7.11 Å². The lowest BCUT2D eigenvalue weighted by atomic mass is 9.89. The molecule has 5 heteroatoms. The molecule has 0 fully saturated rings. The third kappa shape index (κ3) is 4.78. The number of rotatable bonds is 6. The number of nitrogens with one attached hydrogen (secondary N) is 1. The topological polar surface area (TPSA) is 64.1 Å². The van der Waals surface area contributed by atoms with Gasteiger partial charge >= 0.3 is 0 Å². The minimum atomic E-state index is -0.0829. The number of para-hydroxylation sites is 1. The van der Waals surface area contributed by atoms with Gasteiger partial charge in [-0.3, -0.25) is 4.79 Å². The zero-order chi connectivity index (χ0) is 17.6. The molecule has 0 radical (unpaired) electrons. The van der Waals surface area contributed by atoms with Crippen LogP contribution in [0.1, 0.15) is 44.0 Å². The van der Waals surface area contributed by atoms with Crippen molar-refractivity contribution in [1.82, 2.24) is 15.3 Å². The molecular weight excluding hydrogens is 302 g/mol. The third-order valence-corrected chi connectivity index (χ3v) is 3.79. The van der Waals surface area contributed by atoms with Crippen molar-refractivity contribution in [2.24, 2.45) is 0 Å². The molecule has 0 aliphatic carbocycles. The number of aryl methyl sites for hydroxylation is 1. The molecule has 0 aliphatic heterocycles. The zero-order valence-corrected chi connectivity index (χ0v) is 14.8. The largest absolute Gasteiger partial charge is 0.496 e. The Morgan fingerprint density at radius 3 is 2.67 bits per heavy atom. The first-order chi connectivity index (χ1) is 11.4. The Hall–Kier alpha value is -2.43. The molecule has 0 atom stereocenters. The van der Waals surface area contributed by atoms with Crippen molar-refractivity contribution in [3.63, 3.8) is 0 Å². The van der Waals surface area contributed by atoms with E-state index in [1.165, 1.54) is 0 Å². The average molecular weight is 327 g/mol. The normalized spacial score (nSPS) is 11.2. The number of carbonyl (C=O) groups is 1. The molecule has 0 bridgehead atoms. The number of hydrogen-bond acceptors (Lipinski definition) is 4. The number of hydrogen-bond donors (Lipinski definition) is 1. The number of nitrogens with zero attached hydrogens (tertiary/aromatic N) is 2. The molecule has 1 aromatic carbocycles. The maximum absolute atomic E-state index is 12.2. The summed E-state index contributed by atoms with van der Waals surface area (Å²) in [6.45, 7) is 6.74. The quantitative estimate of drug-likeness (QED) is 0.886. The van der Waals surface area contributed by atoms with E-state index in [-0.39, 0.29) is 11.3 Å². The number of amides is 1. The molecule has 0 aliphatic rings. The van der Waals surface area contributed by atoms with E-state index in [4.69, 9.17) is 4.74 Å². The van der Waals surface area contributed by atoms with E-state index in [2.05, 4.69) is 36.1 Å². The monoisotopic (exact) mass is 327 g/mol. The number of ether oxygens (including phenoxy) is 1. The number of methoxy groups -OCH3 is 1. The van der Waals surface area contributed by atoms with Gasteiger partial charge in [0.2, 0.25) is 5.91 Å². The molecule has 128 valence electrons. The first-order valence-corrected chi connectivity index (χ1v) is 8.09. The van der Waals surface area contributed by atoms with Gasteiger partial charge in [-0.2, -0.15) is 0 Å². The van der Waals surface area contributed by atoms with Crippen LogP contribution in [0.15, 0.2) is 36.8 Å². The Kier molecular flexibility index (Phi) is 5.90. The first kappa shape index (κ1) is 17.9. The van der Waals surface area contributed by atoms with E-state index in [0.717, 1.165) is 22.6 Å². The Morgan fingerprint density at radius 1 is 1.21 bits per heavy atom. The molecular formula is C19H25N3O2. The standard InChI is InChI=1S/C19H25N3O2/c1-19(2,3)18-15(11-20-13-22-18)12-21-17(23)10-9-14-7-5-6-8-16(14)24-4/h5-8,11,13H,9-10,12H2,1-4H3,(H,21,23). The molecule has 1 heterocycles. The predicted molar refractivity (Wildman–Crippen MR) is 93.9 cm³/mol. The Bertz CT molecular complexity index is 693. The Balaban J connectivity index is 1.93. The molecule has 0 saturated carbocycles. The molecule has 1 amide bonds. The minimum absolute atomic E-state index is 0.00428. The van der Waals surface area contributed by atoms with Gasteiger partial charge in [-0.1, -0.05) is 39.0 Å². The minimum Gasteiger partial charge on any atom is -0.496 e. The van der Waals surface area contributed by atoms with Crippen molar-refractivity contribution in [2.45, 2.75) is 45.6 Å². The molecule has 0 spiro atoms. The summed E-state index contributed by atoms with van der Waals surface area (Å²) in [5, 5.41) is 2.96. The van der Waals surface area contributed by atoms with Gasteiger partial charge in [0.25, 0.3) is 0 Å². The number of benzene rings is 1. The summed E-state index contributed by atoms with van der Waals surface area (Å²) in [5.41, 5.74) is 2.87. The van der Waals surface area contributed by atoms with Crippen molar-refractivity contribution in [1.29, 1.82) is 0 Å². The Labute approximate surface area is 143 Å². The van der Waals surface area contributed by atoms with Crippen LogP contribution in [-0.2, 0) is 23.2 Å². The summed E-state index contributed by atoms with van der Waals surface area (Å²) in [5.74, 6) is 0.821. The summed E-state index contributed by atoms with van der Waals surface area (Å²) in [6.07, 6.45) is 4.38. The van der Waals surface area contributed by atoms with Crippen LogP contribution in [0.4, 0.5) is 0 Å². The van der Waals surface area contributed by atoms with Gasteiger partial charge in [0.05, 0.1) is 12.8 Å². The first-order valence-electron chi connectivity index (χ1n) is 8.09. The highest BCUT2D eigenvalue weighted by atomic mass is 16.5. The van der Waals surface area contributed by atoms with Gasteiger partial charge in [0.1, 0.15) is 12.1 Å². The van der Waals surface area contributed by atoms with Crippen LogP contribution in [-0.4, -0.2) is 23.0 Å². The fraction of sp³-hybridized carbons (Fsp3) is 0.421. The second-order valence-corrected chi connectivity index (χ2v) is 6.74. The van der Waals surface area contributed by atoms with Crippen molar-refractivity contribution in [3.05, 3.63) is 53.6 Å². The summed E-state index contributed by atoms with van der Waals surface area (Å²) >= 11 is 0. The van der Waals surface area contributed by atoms with Gasteiger partial charge in [0, 0.05) is 30.1 Å². The van der Waals surface area contributed by atoms with E-state index in [1.807, 2.05) is 24.3 Å². The third-order valence-electron chi connectivity index (χ3n) is 3.79. The van der Waals surface area contributed by atoms with E-state index in [0.29, 0.717) is 19.4 Å². The van der Waals surface area contributed by atoms with Crippen molar-refractivity contribution >= 4 is 5.91 Å². The molecule has 2 rings (SSSR count). The van der Waals surface area contributed by atoms with Crippen LogP contribution >= 0.6 is 0 Å². The average Bonchev–Trinajstić information content (AvgIpc) is 2.57. The van der Waals surface area contributed by atoms with Crippen LogP contribution in [0.2, 0.25) is 0 Å². The summed E-state index contributed by atoms with van der Waals surface area (Å²) in [4.78, 5) is 20.6. The smallest absolute Gasteiger partial charge is 0.220 e. The maximum atomic E-state index is 12.2. The SMILES string of the molecule is COc1ccccc1CCC(=O)NCc1cncnc1C(C)(C)C. The van der Waals surface area contributed by atoms with Gasteiger partial charge in [-0.05, 0) is 18.1 Å². The van der Waals surface area contributed by atoms with E-state index >= 15 is 0 Å². The van der Waals surface area contributed by atoms with Crippen LogP contribution in [0.5, 0.6) is 5.75 Å². The van der Waals surface area contributed by atoms with Gasteiger partial charge in [-0.25, -0.2) is 9.97 Å². The molecule has 0 saturated heterocycles. The number of carbonyl (C=O) groups excluding carboxylic acids is 1. The van der Waals surface area contributed by atoms with E-state index in [1.54, 1.807) is 19.6 Å². The zero-order valence-electron chi connectivity index (χ0n) is 14.8. The predicted octanol–water partition coefficient (Wildman–Crippen LogP) is 3.03. The van der Waals surface area contributed by atoms with Crippen LogP contribution < -0.4 is 10.1 Å².